The van der Waals surface area contributed by atoms with Crippen molar-refractivity contribution in [3.05, 3.63) is 27.5 Å². The van der Waals surface area contributed by atoms with E-state index in [1.54, 1.807) is 12.1 Å². The second kappa shape index (κ2) is 5.80. The molecule has 0 aliphatic rings. The van der Waals surface area contributed by atoms with E-state index in [2.05, 4.69) is 20.9 Å². The maximum atomic E-state index is 9.71. The zero-order chi connectivity index (χ0) is 11.4. The van der Waals surface area contributed by atoms with Gasteiger partial charge in [-0.05, 0) is 34.0 Å². The number of pyridine rings is 1. The molecule has 0 radical (unpaired) electrons. The average molecular weight is 295 g/mol. The van der Waals surface area contributed by atoms with Crippen molar-refractivity contribution in [3.8, 4) is 0 Å². The number of hydrogen-bond donors (Lipinski definition) is 1. The van der Waals surface area contributed by atoms with Gasteiger partial charge in [-0.1, -0.05) is 25.4 Å². The summed E-state index contributed by atoms with van der Waals surface area (Å²) in [5.41, 5.74) is 0.583. The smallest absolute Gasteiger partial charge is 0.183 e. The van der Waals surface area contributed by atoms with Gasteiger partial charge in [0.15, 0.2) is 6.29 Å². The summed E-state index contributed by atoms with van der Waals surface area (Å²) < 4.78 is 5.76. The minimum atomic E-state index is -0.966. The number of aromatic nitrogens is 1. The second-order valence-corrected chi connectivity index (χ2v) is 4.73. The van der Waals surface area contributed by atoms with E-state index in [1.807, 2.05) is 13.8 Å². The van der Waals surface area contributed by atoms with Gasteiger partial charge in [-0.25, -0.2) is 4.98 Å². The van der Waals surface area contributed by atoms with E-state index in [0.717, 1.165) is 0 Å². The first kappa shape index (κ1) is 12.9. The molecule has 1 aromatic rings. The van der Waals surface area contributed by atoms with Gasteiger partial charge in [-0.15, -0.1) is 0 Å². The fourth-order valence-electron chi connectivity index (χ4n) is 0.980. The van der Waals surface area contributed by atoms with Crippen LogP contribution in [0.2, 0.25) is 5.15 Å². The summed E-state index contributed by atoms with van der Waals surface area (Å²) in [6.07, 6.45) is -0.966. The van der Waals surface area contributed by atoms with Crippen molar-refractivity contribution in [2.75, 3.05) is 6.61 Å². The van der Waals surface area contributed by atoms with Crippen molar-refractivity contribution in [2.45, 2.75) is 20.1 Å². The fourth-order valence-corrected chi connectivity index (χ4v) is 1.75. The third-order valence-electron chi connectivity index (χ3n) is 1.70. The number of nitrogens with zero attached hydrogens (tertiary/aromatic N) is 1. The largest absolute Gasteiger partial charge is 0.364 e. The van der Waals surface area contributed by atoms with Crippen molar-refractivity contribution in [1.29, 1.82) is 0 Å². The molecule has 0 bridgehead atoms. The van der Waals surface area contributed by atoms with Gasteiger partial charge < -0.3 is 9.84 Å². The molecule has 3 nitrogen and oxygen atoms in total. The fraction of sp³-hybridized carbons (Fsp3) is 0.500. The average Bonchev–Trinajstić information content (AvgIpc) is 2.14. The van der Waals surface area contributed by atoms with Crippen LogP contribution in [0.25, 0.3) is 0 Å². The lowest BCUT2D eigenvalue weighted by Crippen LogP contribution is -2.09. The third kappa shape index (κ3) is 4.07. The first-order chi connectivity index (χ1) is 7.00. The van der Waals surface area contributed by atoms with E-state index in [4.69, 9.17) is 16.3 Å². The molecule has 5 heteroatoms. The third-order valence-corrected chi connectivity index (χ3v) is 2.54. The molecule has 84 valence electrons. The molecule has 0 saturated carbocycles. The molecule has 0 spiro atoms. The molecule has 1 atom stereocenters. The molecule has 15 heavy (non-hydrogen) atoms. The number of rotatable bonds is 4. The molecule has 0 aliphatic heterocycles. The van der Waals surface area contributed by atoms with Crippen molar-refractivity contribution in [1.82, 2.24) is 4.98 Å². The van der Waals surface area contributed by atoms with Gasteiger partial charge in [-0.2, -0.15) is 0 Å². The van der Waals surface area contributed by atoms with Crippen LogP contribution in [-0.4, -0.2) is 16.7 Å². The molecule has 1 unspecified atom stereocenters. The molecular weight excluding hydrogens is 281 g/mol. The summed E-state index contributed by atoms with van der Waals surface area (Å²) in [6, 6.07) is 3.30. The monoisotopic (exact) mass is 293 g/mol. The lowest BCUT2D eigenvalue weighted by atomic mass is 10.2. The Morgan fingerprint density at radius 1 is 1.53 bits per heavy atom. The van der Waals surface area contributed by atoms with Crippen LogP contribution in [-0.2, 0) is 4.74 Å². The minimum Gasteiger partial charge on any atom is -0.364 e. The SMILES string of the molecule is CC(C)COC(O)c1ccc(Cl)nc1Br. The van der Waals surface area contributed by atoms with Crippen LogP contribution < -0.4 is 0 Å². The molecule has 1 rings (SSSR count). The topological polar surface area (TPSA) is 42.4 Å². The van der Waals surface area contributed by atoms with Crippen molar-refractivity contribution in [3.63, 3.8) is 0 Å². The van der Waals surface area contributed by atoms with Crippen LogP contribution in [0.1, 0.15) is 25.7 Å². The maximum absolute atomic E-state index is 9.71. The Bertz CT molecular complexity index is 333. The van der Waals surface area contributed by atoms with Gasteiger partial charge in [0.05, 0.1) is 6.61 Å². The van der Waals surface area contributed by atoms with Crippen LogP contribution in [0, 0.1) is 5.92 Å². The molecule has 1 N–H and O–H groups in total. The zero-order valence-electron chi connectivity index (χ0n) is 8.58. The highest BCUT2D eigenvalue weighted by molar-refractivity contribution is 9.10. The van der Waals surface area contributed by atoms with Crippen LogP contribution in [0.5, 0.6) is 0 Å². The van der Waals surface area contributed by atoms with E-state index in [9.17, 15) is 5.11 Å². The van der Waals surface area contributed by atoms with E-state index in [-0.39, 0.29) is 0 Å². The van der Waals surface area contributed by atoms with Gasteiger partial charge in [0.2, 0.25) is 0 Å². The lowest BCUT2D eigenvalue weighted by Gasteiger charge is -2.14. The summed E-state index contributed by atoms with van der Waals surface area (Å²) in [6.45, 7) is 4.53. The van der Waals surface area contributed by atoms with E-state index in [0.29, 0.717) is 27.8 Å². The number of aliphatic hydroxyl groups is 1. The Labute approximate surface area is 103 Å². The quantitative estimate of drug-likeness (QED) is 0.685. The van der Waals surface area contributed by atoms with Crippen molar-refractivity contribution in [2.24, 2.45) is 5.92 Å². The highest BCUT2D eigenvalue weighted by Gasteiger charge is 2.13. The molecule has 0 aromatic carbocycles. The second-order valence-electron chi connectivity index (χ2n) is 3.59. The predicted octanol–water partition coefficient (Wildman–Crippen LogP) is 3.16. The molecule has 1 aromatic heterocycles. The maximum Gasteiger partial charge on any atom is 0.183 e. The minimum absolute atomic E-state index is 0.374. The molecule has 1 heterocycles. The standard InChI is InChI=1S/C10H13BrClNO2/c1-6(2)5-15-10(14)7-3-4-8(12)13-9(7)11/h3-4,6,10,14H,5H2,1-2H3. The first-order valence-electron chi connectivity index (χ1n) is 4.62. The van der Waals surface area contributed by atoms with Crippen molar-refractivity contribution >= 4 is 27.5 Å². The lowest BCUT2D eigenvalue weighted by molar-refractivity contribution is -0.111. The van der Waals surface area contributed by atoms with Crippen LogP contribution >= 0.6 is 27.5 Å². The zero-order valence-corrected chi connectivity index (χ0v) is 10.9. The van der Waals surface area contributed by atoms with Crippen LogP contribution in [0.3, 0.4) is 0 Å². The van der Waals surface area contributed by atoms with Gasteiger partial charge in [0.1, 0.15) is 9.76 Å². The number of hydrogen-bond acceptors (Lipinski definition) is 3. The summed E-state index contributed by atoms with van der Waals surface area (Å²) in [4.78, 5) is 3.96. The Morgan fingerprint density at radius 3 is 2.73 bits per heavy atom. The summed E-state index contributed by atoms with van der Waals surface area (Å²) in [5.74, 6) is 0.374. The van der Waals surface area contributed by atoms with E-state index < -0.39 is 6.29 Å². The summed E-state index contributed by atoms with van der Waals surface area (Å²) in [5, 5.41) is 10.1. The highest BCUT2D eigenvalue weighted by Crippen LogP contribution is 2.24. The Kier molecular flexibility index (Phi) is 4.99. The van der Waals surface area contributed by atoms with E-state index >= 15 is 0 Å². The Morgan fingerprint density at radius 2 is 2.20 bits per heavy atom. The Hall–Kier alpha value is -0.160. The van der Waals surface area contributed by atoms with Gasteiger partial charge in [0.25, 0.3) is 0 Å². The van der Waals surface area contributed by atoms with Gasteiger partial charge in [-0.3, -0.25) is 0 Å². The van der Waals surface area contributed by atoms with Crippen LogP contribution in [0.15, 0.2) is 16.7 Å². The number of aliphatic hydroxyl groups excluding tert-OH is 1. The predicted molar refractivity (Wildman–Crippen MR) is 62.7 cm³/mol. The molecular formula is C10H13BrClNO2. The number of ether oxygens (including phenoxy) is 1. The molecule has 0 amide bonds. The Balaban J connectivity index is 2.69. The normalized spacial score (nSPS) is 13.2. The summed E-state index contributed by atoms with van der Waals surface area (Å²) >= 11 is 8.90. The first-order valence-corrected chi connectivity index (χ1v) is 5.79. The molecule has 0 fully saturated rings. The van der Waals surface area contributed by atoms with Gasteiger partial charge in [0, 0.05) is 5.56 Å². The van der Waals surface area contributed by atoms with Gasteiger partial charge >= 0.3 is 0 Å². The van der Waals surface area contributed by atoms with E-state index in [1.165, 1.54) is 0 Å². The molecule has 0 aliphatic carbocycles. The molecule has 0 saturated heterocycles. The van der Waals surface area contributed by atoms with Crippen molar-refractivity contribution < 1.29 is 9.84 Å². The highest BCUT2D eigenvalue weighted by atomic mass is 79.9. The number of halogens is 2. The van der Waals surface area contributed by atoms with Crippen LogP contribution in [0.4, 0.5) is 0 Å². The summed E-state index contributed by atoms with van der Waals surface area (Å²) in [7, 11) is 0.